The number of hydrogen-bond acceptors (Lipinski definition) is 3. The summed E-state index contributed by atoms with van der Waals surface area (Å²) in [5.74, 6) is 0.593. The van der Waals surface area contributed by atoms with Gasteiger partial charge in [0, 0.05) is 18.8 Å². The lowest BCUT2D eigenvalue weighted by Gasteiger charge is -2.01. The van der Waals surface area contributed by atoms with Gasteiger partial charge in [-0.15, -0.1) is 0 Å². The molecule has 12 heavy (non-hydrogen) atoms. The maximum absolute atomic E-state index is 4.17. The highest BCUT2D eigenvalue weighted by Crippen LogP contribution is 2.09. The second kappa shape index (κ2) is 3.67. The largest absolute Gasteiger partial charge is 0.357 e. The molecule has 1 N–H and O–H groups in total. The Morgan fingerprint density at radius 1 is 1.42 bits per heavy atom. The molecule has 0 unspecified atom stereocenters. The second-order valence-electron chi connectivity index (χ2n) is 2.19. The van der Waals surface area contributed by atoms with E-state index in [2.05, 4.69) is 28.4 Å². The van der Waals surface area contributed by atoms with Crippen LogP contribution in [-0.4, -0.2) is 17.0 Å². The zero-order chi connectivity index (χ0) is 8.97. The van der Waals surface area contributed by atoms with Crippen LogP contribution < -0.4 is 5.32 Å². The minimum Gasteiger partial charge on any atom is -0.357 e. The number of nitrogens with one attached hydrogen (secondary N) is 1. The van der Waals surface area contributed by atoms with E-state index in [1.54, 1.807) is 25.4 Å². The molecule has 3 nitrogen and oxygen atoms in total. The van der Waals surface area contributed by atoms with Gasteiger partial charge in [0.15, 0.2) is 0 Å². The minimum atomic E-state index is 0.593. The first kappa shape index (κ1) is 8.46. The number of nitrogens with zero attached hydrogens (tertiary/aromatic N) is 2. The topological polar surface area (TPSA) is 37.8 Å². The first-order valence-corrected chi connectivity index (χ1v) is 3.61. The highest BCUT2D eigenvalue weighted by Gasteiger charge is 1.98. The molecule has 3 heteroatoms. The number of hydrogen-bond donors (Lipinski definition) is 1. The maximum atomic E-state index is 4.17. The van der Waals surface area contributed by atoms with Gasteiger partial charge < -0.3 is 5.32 Å². The van der Waals surface area contributed by atoms with E-state index in [0.717, 1.165) is 11.3 Å². The monoisotopic (exact) mass is 161 g/mol. The summed E-state index contributed by atoms with van der Waals surface area (Å²) < 4.78 is 0. The molecule has 0 aromatic carbocycles. The summed E-state index contributed by atoms with van der Waals surface area (Å²) in [7, 11) is 1.77. The molecule has 0 aliphatic carbocycles. The number of anilines is 1. The predicted octanol–water partition coefficient (Wildman–Crippen LogP) is 1.80. The molecule has 1 heterocycles. The van der Waals surface area contributed by atoms with Crippen LogP contribution in [0, 0.1) is 0 Å². The van der Waals surface area contributed by atoms with Crippen LogP contribution >= 0.6 is 0 Å². The molecule has 0 aliphatic heterocycles. The molecule has 0 fully saturated rings. The van der Waals surface area contributed by atoms with Crippen LogP contribution in [0.25, 0.3) is 12.2 Å². The molecule has 1 aromatic rings. The normalized spacial score (nSPS) is 9.08. The van der Waals surface area contributed by atoms with Gasteiger partial charge in [-0.3, -0.25) is 0 Å². The molecule has 0 spiro atoms. The molecule has 62 valence electrons. The summed E-state index contributed by atoms with van der Waals surface area (Å²) in [6.07, 6.45) is 5.10. The van der Waals surface area contributed by atoms with Crippen LogP contribution in [0.4, 0.5) is 5.95 Å². The van der Waals surface area contributed by atoms with E-state index in [-0.39, 0.29) is 0 Å². The van der Waals surface area contributed by atoms with E-state index in [9.17, 15) is 0 Å². The standard InChI is InChI=1S/C9H11N3/c1-4-7-6-11-9(10-3)12-8(7)5-2/h4-6H,1-2H2,3H3,(H,10,11,12). The van der Waals surface area contributed by atoms with Crippen molar-refractivity contribution < 1.29 is 0 Å². The van der Waals surface area contributed by atoms with Gasteiger partial charge in [-0.25, -0.2) is 9.97 Å². The molecule has 1 rings (SSSR count). The molecule has 0 aliphatic rings. The molecule has 1 aromatic heterocycles. The molecule has 0 saturated heterocycles. The van der Waals surface area contributed by atoms with Crippen LogP contribution in [0.2, 0.25) is 0 Å². The van der Waals surface area contributed by atoms with Crippen LogP contribution in [0.5, 0.6) is 0 Å². The highest BCUT2D eigenvalue weighted by molar-refractivity contribution is 5.60. The van der Waals surface area contributed by atoms with E-state index in [1.807, 2.05) is 0 Å². The van der Waals surface area contributed by atoms with Crippen LogP contribution in [-0.2, 0) is 0 Å². The maximum Gasteiger partial charge on any atom is 0.222 e. The van der Waals surface area contributed by atoms with Crippen molar-refractivity contribution in [2.24, 2.45) is 0 Å². The van der Waals surface area contributed by atoms with Gasteiger partial charge >= 0.3 is 0 Å². The lowest BCUT2D eigenvalue weighted by atomic mass is 10.2. The molecular formula is C9H11N3. The van der Waals surface area contributed by atoms with Gasteiger partial charge in [-0.2, -0.15) is 0 Å². The second-order valence-corrected chi connectivity index (χ2v) is 2.19. The quantitative estimate of drug-likeness (QED) is 0.734. The van der Waals surface area contributed by atoms with Gasteiger partial charge in [0.05, 0.1) is 5.69 Å². The third kappa shape index (κ3) is 1.50. The van der Waals surface area contributed by atoms with Gasteiger partial charge in [0.2, 0.25) is 5.95 Å². The van der Waals surface area contributed by atoms with E-state index >= 15 is 0 Å². The summed E-state index contributed by atoms with van der Waals surface area (Å²) >= 11 is 0. The third-order valence-electron chi connectivity index (χ3n) is 1.48. The third-order valence-corrected chi connectivity index (χ3v) is 1.48. The fraction of sp³-hybridized carbons (Fsp3) is 0.111. The fourth-order valence-corrected chi connectivity index (χ4v) is 0.846. The Labute approximate surface area is 71.9 Å². The fourth-order valence-electron chi connectivity index (χ4n) is 0.846. The van der Waals surface area contributed by atoms with Crippen molar-refractivity contribution in [3.05, 3.63) is 30.6 Å². The van der Waals surface area contributed by atoms with Crippen molar-refractivity contribution in [1.82, 2.24) is 9.97 Å². The molecule has 0 atom stereocenters. The smallest absolute Gasteiger partial charge is 0.222 e. The Hall–Kier alpha value is -1.64. The van der Waals surface area contributed by atoms with Gasteiger partial charge in [0.1, 0.15) is 0 Å². The SMILES string of the molecule is C=Cc1cnc(NC)nc1C=C. The van der Waals surface area contributed by atoms with Crippen molar-refractivity contribution >= 4 is 18.1 Å². The molecule has 0 radical (unpaired) electrons. The van der Waals surface area contributed by atoms with Crippen molar-refractivity contribution in [3.8, 4) is 0 Å². The van der Waals surface area contributed by atoms with Crippen LogP contribution in [0.1, 0.15) is 11.3 Å². The first-order chi connectivity index (χ1) is 5.81. The Morgan fingerprint density at radius 3 is 2.67 bits per heavy atom. The molecule has 0 saturated carbocycles. The van der Waals surface area contributed by atoms with Crippen molar-refractivity contribution in [2.75, 3.05) is 12.4 Å². The van der Waals surface area contributed by atoms with E-state index < -0.39 is 0 Å². The van der Waals surface area contributed by atoms with Crippen LogP contribution in [0.3, 0.4) is 0 Å². The van der Waals surface area contributed by atoms with Crippen molar-refractivity contribution in [2.45, 2.75) is 0 Å². The molecular weight excluding hydrogens is 150 g/mol. The number of rotatable bonds is 3. The predicted molar refractivity (Wildman–Crippen MR) is 51.8 cm³/mol. The van der Waals surface area contributed by atoms with E-state index in [1.165, 1.54) is 0 Å². The van der Waals surface area contributed by atoms with Gasteiger partial charge in [-0.1, -0.05) is 19.2 Å². The number of aromatic nitrogens is 2. The zero-order valence-corrected chi connectivity index (χ0v) is 7.04. The lowest BCUT2D eigenvalue weighted by Crippen LogP contribution is -1.98. The average molecular weight is 161 g/mol. The molecule has 0 amide bonds. The highest BCUT2D eigenvalue weighted by atomic mass is 15.1. The Morgan fingerprint density at radius 2 is 2.17 bits per heavy atom. The average Bonchev–Trinajstić information content (AvgIpc) is 2.16. The van der Waals surface area contributed by atoms with Crippen LogP contribution in [0.15, 0.2) is 19.4 Å². The first-order valence-electron chi connectivity index (χ1n) is 3.61. The summed E-state index contributed by atoms with van der Waals surface area (Å²) in [5, 5.41) is 2.85. The lowest BCUT2D eigenvalue weighted by molar-refractivity contribution is 1.13. The Kier molecular flexibility index (Phi) is 2.58. The summed E-state index contributed by atoms with van der Waals surface area (Å²) in [4.78, 5) is 8.20. The Balaban J connectivity index is 3.18. The summed E-state index contributed by atoms with van der Waals surface area (Å²) in [6, 6.07) is 0. The van der Waals surface area contributed by atoms with Gasteiger partial charge in [0.25, 0.3) is 0 Å². The summed E-state index contributed by atoms with van der Waals surface area (Å²) in [6.45, 7) is 7.30. The van der Waals surface area contributed by atoms with Crippen molar-refractivity contribution in [1.29, 1.82) is 0 Å². The summed E-state index contributed by atoms with van der Waals surface area (Å²) in [5.41, 5.74) is 1.69. The van der Waals surface area contributed by atoms with E-state index in [4.69, 9.17) is 0 Å². The molecule has 0 bridgehead atoms. The minimum absolute atomic E-state index is 0.593. The van der Waals surface area contributed by atoms with Crippen molar-refractivity contribution in [3.63, 3.8) is 0 Å². The Bertz CT molecular complexity index is 305. The zero-order valence-electron chi connectivity index (χ0n) is 7.04. The van der Waals surface area contributed by atoms with Gasteiger partial charge in [-0.05, 0) is 6.08 Å². The van der Waals surface area contributed by atoms with E-state index in [0.29, 0.717) is 5.95 Å².